The molecule has 68 heavy (non-hydrogen) atoms. The van der Waals surface area contributed by atoms with Crippen LogP contribution in [0.25, 0.3) is 0 Å². The molecule has 2 saturated heterocycles. The third-order valence-corrected chi connectivity index (χ3v) is 18.5. The van der Waals surface area contributed by atoms with E-state index in [0.717, 1.165) is 12.0 Å². The highest BCUT2D eigenvalue weighted by Crippen LogP contribution is 2.72. The van der Waals surface area contributed by atoms with Crippen LogP contribution >= 0.6 is 0 Å². The summed E-state index contributed by atoms with van der Waals surface area (Å²) in [4.78, 5) is 37.8. The first-order valence-electron chi connectivity index (χ1n) is 24.2. The van der Waals surface area contributed by atoms with Gasteiger partial charge in [-0.05, 0) is 93.3 Å². The third-order valence-electron chi connectivity index (χ3n) is 18.5. The van der Waals surface area contributed by atoms with Crippen molar-refractivity contribution in [2.24, 2.45) is 50.7 Å². The number of ether oxygens (including phenoxy) is 6. The van der Waals surface area contributed by atoms with Gasteiger partial charge in [0.1, 0.15) is 67.6 Å². The number of rotatable bonds is 12. The first kappa shape index (κ1) is 53.2. The number of aliphatic hydroxyl groups excluding tert-OH is 9. The van der Waals surface area contributed by atoms with E-state index >= 15 is 0 Å². The van der Waals surface area contributed by atoms with E-state index < -0.39 is 132 Å². The van der Waals surface area contributed by atoms with Crippen molar-refractivity contribution in [1.82, 2.24) is 0 Å². The van der Waals surface area contributed by atoms with Gasteiger partial charge in [-0.25, -0.2) is 9.59 Å². The fraction of sp³-hybridized carbons (Fsp3) is 0.857. The van der Waals surface area contributed by atoms with Crippen molar-refractivity contribution in [3.63, 3.8) is 0 Å². The SMILES string of the molecule is C/C=C(\C)C(=O)O[C@H]1[C@H](O)[C@]2(COC(C)=O)[C@@H](O)C[C@@H]3C(=CC[C@@H]4[C@@]5(C)CC[C@H](OC[C@@H]6O[C@H](C(=O)O)[C@@H](O)[C@H](OC[C@H]7O[C@H](O)[C@H](O)[C@@H](O)[C@@H]7O)[C@H]6O)[C@@](C)(CO)[C@@H]5CC[C@]43C)[C@@H]2CC1(C)C. The van der Waals surface area contributed by atoms with Crippen molar-refractivity contribution in [2.75, 3.05) is 26.4 Å². The summed E-state index contributed by atoms with van der Waals surface area (Å²) in [5.41, 5.74) is -2.06. The number of hydrogen-bond donors (Lipinski definition) is 10. The summed E-state index contributed by atoms with van der Waals surface area (Å²) < 4.78 is 34.8. The lowest BCUT2D eigenvalue weighted by Gasteiger charge is -2.69. The number of hydrogen-bond acceptors (Lipinski definition) is 18. The summed E-state index contributed by atoms with van der Waals surface area (Å²) in [6.45, 7) is 13.6. The van der Waals surface area contributed by atoms with Gasteiger partial charge in [0, 0.05) is 23.3 Å². The van der Waals surface area contributed by atoms with E-state index in [1.54, 1.807) is 19.9 Å². The number of esters is 2. The predicted octanol–water partition coefficient (Wildman–Crippen LogP) is 0.507. The lowest BCUT2D eigenvalue weighted by molar-refractivity contribution is -0.300. The van der Waals surface area contributed by atoms with Gasteiger partial charge in [-0.15, -0.1) is 0 Å². The number of aliphatic hydroxyl groups is 9. The lowest BCUT2D eigenvalue weighted by Crippen LogP contribution is -2.70. The van der Waals surface area contributed by atoms with Crippen LogP contribution in [0.3, 0.4) is 0 Å². The van der Waals surface area contributed by atoms with Crippen molar-refractivity contribution in [3.05, 3.63) is 23.3 Å². The van der Waals surface area contributed by atoms with Crippen molar-refractivity contribution < 1.29 is 93.9 Å². The molecule has 0 bridgehead atoms. The average Bonchev–Trinajstić information content (AvgIpc) is 3.27. The largest absolute Gasteiger partial charge is 0.479 e. The lowest BCUT2D eigenvalue weighted by atomic mass is 9.36. The Morgan fingerprint density at radius 2 is 1.44 bits per heavy atom. The standard InChI is InChI=1S/C49H76O19/c1-9-22(2)43(61)68-41-40(58)49(21-65-23(3)51)26(17-45(41,4)5)24-10-11-29-46(6,25(24)16-31(49)52)14-12-30-47(29,7)15-13-32(48(30,8)20-50)63-18-28-34(54)38(37(57)39(66-28)42(59)60)64-19-27-33(53)35(55)36(56)44(62)67-27/h9-10,25-41,44,50,52-58,62H,11-21H2,1-8H3,(H,59,60)/b22-9+/t25-,26+,27-,28+,29+,30-,31+,32+,33-,34+,35+,36-,37+,38-,39+,40+,41+,44+,46+,47-,48+,49+/m1/s1. The molecule has 0 unspecified atom stereocenters. The summed E-state index contributed by atoms with van der Waals surface area (Å²) >= 11 is 0. The average molecular weight is 969 g/mol. The van der Waals surface area contributed by atoms with Gasteiger partial charge in [-0.1, -0.05) is 52.3 Å². The molecule has 7 aliphatic rings. The molecule has 0 aromatic heterocycles. The minimum absolute atomic E-state index is 0.0668. The summed E-state index contributed by atoms with van der Waals surface area (Å²) in [6, 6.07) is 0. The highest BCUT2D eigenvalue weighted by atomic mass is 16.7. The van der Waals surface area contributed by atoms with Gasteiger partial charge >= 0.3 is 17.9 Å². The van der Waals surface area contributed by atoms with E-state index in [9.17, 15) is 65.4 Å². The van der Waals surface area contributed by atoms with Crippen LogP contribution in [0.4, 0.5) is 0 Å². The second kappa shape index (κ2) is 19.4. The third kappa shape index (κ3) is 8.70. The van der Waals surface area contributed by atoms with E-state index in [4.69, 9.17) is 28.4 Å². The molecule has 5 aliphatic carbocycles. The Kier molecular flexibility index (Phi) is 15.2. The van der Waals surface area contributed by atoms with Crippen LogP contribution in [0.5, 0.6) is 0 Å². The number of aliphatic carboxylic acids is 1. The maximum absolute atomic E-state index is 13.2. The number of carboxylic acids is 1. The van der Waals surface area contributed by atoms with Gasteiger partial charge in [0.2, 0.25) is 0 Å². The van der Waals surface area contributed by atoms with Crippen LogP contribution in [-0.4, -0.2) is 181 Å². The Morgan fingerprint density at radius 3 is 2.07 bits per heavy atom. The number of fused-ring (bicyclic) bond motifs is 7. The van der Waals surface area contributed by atoms with Crippen molar-refractivity contribution in [2.45, 2.75) is 186 Å². The Labute approximate surface area is 397 Å². The molecule has 2 aliphatic heterocycles. The molecule has 0 radical (unpaired) electrons. The van der Waals surface area contributed by atoms with Gasteiger partial charge < -0.3 is 79.5 Å². The van der Waals surface area contributed by atoms with Crippen LogP contribution in [0, 0.1) is 50.7 Å². The van der Waals surface area contributed by atoms with Gasteiger partial charge in [-0.2, -0.15) is 0 Å². The molecule has 0 aromatic rings. The number of carbonyl (C=O) groups is 3. The summed E-state index contributed by atoms with van der Waals surface area (Å²) in [5.74, 6) is -3.13. The maximum atomic E-state index is 13.2. The number of carbonyl (C=O) groups excluding carboxylic acids is 2. The minimum Gasteiger partial charge on any atom is -0.479 e. The van der Waals surface area contributed by atoms with E-state index in [0.29, 0.717) is 37.7 Å². The van der Waals surface area contributed by atoms with Gasteiger partial charge in [0.05, 0.1) is 37.4 Å². The molecule has 0 aromatic carbocycles. The molecule has 19 nitrogen and oxygen atoms in total. The predicted molar refractivity (Wildman–Crippen MR) is 237 cm³/mol. The topological polar surface area (TPSA) is 309 Å². The molecule has 386 valence electrons. The highest BCUT2D eigenvalue weighted by molar-refractivity contribution is 5.87. The Morgan fingerprint density at radius 1 is 0.794 bits per heavy atom. The van der Waals surface area contributed by atoms with Gasteiger partial charge in [0.25, 0.3) is 0 Å². The highest BCUT2D eigenvalue weighted by Gasteiger charge is 2.70. The van der Waals surface area contributed by atoms with Crippen molar-refractivity contribution in [3.8, 4) is 0 Å². The first-order valence-corrected chi connectivity index (χ1v) is 24.2. The summed E-state index contributed by atoms with van der Waals surface area (Å²) in [7, 11) is 0. The summed E-state index contributed by atoms with van der Waals surface area (Å²) in [6.07, 6.45) is -13.1. The second-order valence-corrected chi connectivity index (χ2v) is 22.6. The number of carboxylic acid groups (broad SMARTS) is 1. The molecular weight excluding hydrogens is 893 g/mol. The molecule has 2 heterocycles. The van der Waals surface area contributed by atoms with Gasteiger partial charge in [-0.3, -0.25) is 4.79 Å². The fourth-order valence-corrected chi connectivity index (χ4v) is 14.5. The molecular formula is C49H76O19. The summed E-state index contributed by atoms with van der Waals surface area (Å²) in [5, 5.41) is 109. The second-order valence-electron chi connectivity index (χ2n) is 22.6. The van der Waals surface area contributed by atoms with Crippen molar-refractivity contribution >= 4 is 17.9 Å². The molecule has 19 heteroatoms. The van der Waals surface area contributed by atoms with E-state index in [1.807, 2.05) is 20.8 Å². The molecule has 4 saturated carbocycles. The zero-order chi connectivity index (χ0) is 50.2. The molecule has 0 amide bonds. The number of allylic oxidation sites excluding steroid dienone is 3. The molecule has 10 N–H and O–H groups in total. The van der Waals surface area contributed by atoms with E-state index in [-0.39, 0.29) is 54.8 Å². The molecule has 0 spiro atoms. The molecule has 7 rings (SSSR count). The monoisotopic (exact) mass is 968 g/mol. The minimum atomic E-state index is -1.89. The zero-order valence-electron chi connectivity index (χ0n) is 40.5. The van der Waals surface area contributed by atoms with E-state index in [1.165, 1.54) is 6.92 Å². The van der Waals surface area contributed by atoms with E-state index in [2.05, 4.69) is 19.9 Å². The first-order chi connectivity index (χ1) is 31.7. The quantitative estimate of drug-likeness (QED) is 0.0724. The smallest absolute Gasteiger partial charge is 0.335 e. The normalized spacial score (nSPS) is 49.0. The Bertz CT molecular complexity index is 1940. The molecule has 22 atom stereocenters. The van der Waals surface area contributed by atoms with Crippen LogP contribution < -0.4 is 0 Å². The van der Waals surface area contributed by atoms with Crippen LogP contribution in [0.2, 0.25) is 0 Å². The van der Waals surface area contributed by atoms with Crippen molar-refractivity contribution in [1.29, 1.82) is 0 Å². The van der Waals surface area contributed by atoms with Gasteiger partial charge in [0.15, 0.2) is 12.4 Å². The Balaban J connectivity index is 1.11. The maximum Gasteiger partial charge on any atom is 0.335 e. The van der Waals surface area contributed by atoms with Crippen LogP contribution in [-0.2, 0) is 42.8 Å². The Hall–Kier alpha value is -2.63. The molecule has 6 fully saturated rings. The van der Waals surface area contributed by atoms with Crippen LogP contribution in [0.15, 0.2) is 23.3 Å². The van der Waals surface area contributed by atoms with Crippen LogP contribution in [0.1, 0.15) is 100 Å². The zero-order valence-corrected chi connectivity index (χ0v) is 40.5. The fourth-order valence-electron chi connectivity index (χ4n) is 14.5.